The van der Waals surface area contributed by atoms with Crippen molar-refractivity contribution in [2.75, 3.05) is 34.0 Å². The van der Waals surface area contributed by atoms with Gasteiger partial charge in [-0.2, -0.15) is 0 Å². The Morgan fingerprint density at radius 1 is 1.00 bits per heavy atom. The number of carbonyl (C=O) groups is 1. The van der Waals surface area contributed by atoms with Gasteiger partial charge >= 0.3 is 0 Å². The fraction of sp³-hybridized carbons (Fsp3) is 0.350. The number of carbonyl (C=O) groups excluding carboxylic acids is 1. The van der Waals surface area contributed by atoms with Crippen molar-refractivity contribution >= 4 is 29.1 Å². The molecule has 0 bridgehead atoms. The highest BCUT2D eigenvalue weighted by Gasteiger charge is 2.14. The Kier molecular flexibility index (Phi) is 8.70. The van der Waals surface area contributed by atoms with Crippen LogP contribution in [-0.2, 0) is 9.53 Å². The molecule has 0 aliphatic carbocycles. The van der Waals surface area contributed by atoms with Gasteiger partial charge in [-0.15, -0.1) is 0 Å². The Hall–Kier alpha value is -2.15. The molecular weight excluding hydrogens is 405 g/mol. The predicted molar refractivity (Wildman–Crippen MR) is 109 cm³/mol. The van der Waals surface area contributed by atoms with Crippen molar-refractivity contribution in [3.8, 4) is 17.2 Å². The van der Waals surface area contributed by atoms with Crippen LogP contribution in [0.1, 0.15) is 18.5 Å². The largest absolute Gasteiger partial charge is 0.493 e. The molecule has 0 heterocycles. The lowest BCUT2D eigenvalue weighted by atomic mass is 10.1. The lowest BCUT2D eigenvalue weighted by molar-refractivity contribution is -0.123. The highest BCUT2D eigenvalue weighted by Crippen LogP contribution is 2.30. The molecule has 0 aromatic heterocycles. The Balaban J connectivity index is 1.93. The van der Waals surface area contributed by atoms with Crippen molar-refractivity contribution in [2.24, 2.45) is 0 Å². The summed E-state index contributed by atoms with van der Waals surface area (Å²) in [5, 5.41) is 3.72. The van der Waals surface area contributed by atoms with E-state index in [0.717, 1.165) is 5.56 Å². The maximum atomic E-state index is 12.2. The molecular formula is C20H23Cl2NO5. The molecule has 152 valence electrons. The molecule has 0 radical (unpaired) electrons. The smallest absolute Gasteiger partial charge is 0.258 e. The Morgan fingerprint density at radius 2 is 1.75 bits per heavy atom. The molecule has 0 spiro atoms. The quantitative estimate of drug-likeness (QED) is 0.573. The van der Waals surface area contributed by atoms with E-state index in [1.165, 1.54) is 0 Å². The van der Waals surface area contributed by atoms with Crippen LogP contribution >= 0.6 is 23.2 Å². The van der Waals surface area contributed by atoms with Crippen LogP contribution in [0.25, 0.3) is 0 Å². The summed E-state index contributed by atoms with van der Waals surface area (Å²) < 4.78 is 21.4. The third kappa shape index (κ3) is 6.48. The molecule has 2 rings (SSSR count). The second kappa shape index (κ2) is 11.0. The first-order valence-corrected chi connectivity index (χ1v) is 9.37. The van der Waals surface area contributed by atoms with E-state index in [-0.39, 0.29) is 18.6 Å². The van der Waals surface area contributed by atoms with Crippen LogP contribution in [0.5, 0.6) is 17.2 Å². The average Bonchev–Trinajstić information content (AvgIpc) is 2.67. The van der Waals surface area contributed by atoms with Crippen molar-refractivity contribution in [3.63, 3.8) is 0 Å². The highest BCUT2D eigenvalue weighted by atomic mass is 35.5. The fourth-order valence-electron chi connectivity index (χ4n) is 2.41. The number of hydrogen-bond acceptors (Lipinski definition) is 5. The predicted octanol–water partition coefficient (Wildman–Crippen LogP) is 4.28. The summed E-state index contributed by atoms with van der Waals surface area (Å²) in [5.74, 6) is 1.31. The summed E-state index contributed by atoms with van der Waals surface area (Å²) >= 11 is 11.9. The van der Waals surface area contributed by atoms with Crippen LogP contribution in [0.15, 0.2) is 36.4 Å². The van der Waals surface area contributed by atoms with Crippen molar-refractivity contribution < 1.29 is 23.7 Å². The van der Waals surface area contributed by atoms with Gasteiger partial charge in [-0.1, -0.05) is 29.3 Å². The average molecular weight is 428 g/mol. The third-order valence-electron chi connectivity index (χ3n) is 3.86. The van der Waals surface area contributed by atoms with Gasteiger partial charge in [0, 0.05) is 12.1 Å². The number of benzene rings is 2. The number of ether oxygens (including phenoxy) is 4. The Bertz CT molecular complexity index is 800. The number of rotatable bonds is 10. The lowest BCUT2D eigenvalue weighted by Gasteiger charge is -2.17. The van der Waals surface area contributed by atoms with E-state index in [9.17, 15) is 4.79 Å². The van der Waals surface area contributed by atoms with Gasteiger partial charge in [-0.3, -0.25) is 4.79 Å². The molecule has 6 nitrogen and oxygen atoms in total. The number of hydrogen-bond donors (Lipinski definition) is 1. The number of methoxy groups -OCH3 is 2. The summed E-state index contributed by atoms with van der Waals surface area (Å²) in [6, 6.07) is 10.1. The SMILES string of the molecule is COCCOc1ccc(C(C)NC(=O)COc2ccc(Cl)cc2Cl)cc1OC. The molecule has 8 heteroatoms. The van der Waals surface area contributed by atoms with E-state index in [0.29, 0.717) is 40.5 Å². The van der Waals surface area contributed by atoms with Crippen LogP contribution in [0.3, 0.4) is 0 Å². The van der Waals surface area contributed by atoms with E-state index in [1.807, 2.05) is 19.1 Å². The molecule has 0 saturated heterocycles. The third-order valence-corrected chi connectivity index (χ3v) is 4.39. The maximum absolute atomic E-state index is 12.2. The van der Waals surface area contributed by atoms with E-state index in [1.54, 1.807) is 38.5 Å². The van der Waals surface area contributed by atoms with Gasteiger partial charge < -0.3 is 24.3 Å². The highest BCUT2D eigenvalue weighted by molar-refractivity contribution is 6.35. The van der Waals surface area contributed by atoms with Gasteiger partial charge in [0.15, 0.2) is 18.1 Å². The fourth-order valence-corrected chi connectivity index (χ4v) is 2.87. The minimum atomic E-state index is -0.280. The van der Waals surface area contributed by atoms with E-state index >= 15 is 0 Å². The van der Waals surface area contributed by atoms with Gasteiger partial charge in [-0.25, -0.2) is 0 Å². The van der Waals surface area contributed by atoms with Crippen molar-refractivity contribution in [1.82, 2.24) is 5.32 Å². The second-order valence-electron chi connectivity index (χ2n) is 5.90. The second-order valence-corrected chi connectivity index (χ2v) is 6.75. The first kappa shape index (κ1) is 22.1. The summed E-state index contributed by atoms with van der Waals surface area (Å²) in [6.07, 6.45) is 0. The van der Waals surface area contributed by atoms with Crippen molar-refractivity contribution in [3.05, 3.63) is 52.0 Å². The molecule has 2 aromatic carbocycles. The molecule has 1 amide bonds. The van der Waals surface area contributed by atoms with E-state index in [2.05, 4.69) is 5.32 Å². The molecule has 0 aliphatic rings. The summed E-state index contributed by atoms with van der Waals surface area (Å²) in [7, 11) is 3.17. The van der Waals surface area contributed by atoms with Crippen LogP contribution < -0.4 is 19.5 Å². The number of nitrogens with one attached hydrogen (secondary N) is 1. The summed E-state index contributed by atoms with van der Waals surface area (Å²) in [4.78, 5) is 12.2. The zero-order valence-electron chi connectivity index (χ0n) is 16.0. The zero-order valence-corrected chi connectivity index (χ0v) is 17.5. The van der Waals surface area contributed by atoms with Gasteiger partial charge in [0.05, 0.1) is 24.8 Å². The summed E-state index contributed by atoms with van der Waals surface area (Å²) in [5.41, 5.74) is 0.869. The number of amides is 1. The minimum Gasteiger partial charge on any atom is -0.493 e. The molecule has 28 heavy (non-hydrogen) atoms. The van der Waals surface area contributed by atoms with Crippen LogP contribution in [-0.4, -0.2) is 39.9 Å². The van der Waals surface area contributed by atoms with Crippen LogP contribution in [0, 0.1) is 0 Å². The zero-order chi connectivity index (χ0) is 20.5. The standard InChI is InChI=1S/C20H23Cl2NO5/c1-13(14-4-6-18(19(10-14)26-3)27-9-8-25-2)23-20(24)12-28-17-7-5-15(21)11-16(17)22/h4-7,10-11,13H,8-9,12H2,1-3H3,(H,23,24). The first-order valence-electron chi connectivity index (χ1n) is 8.61. The molecule has 1 unspecified atom stereocenters. The summed E-state index contributed by atoms with van der Waals surface area (Å²) in [6.45, 7) is 2.60. The van der Waals surface area contributed by atoms with Gasteiger partial charge in [0.25, 0.3) is 5.91 Å². The molecule has 0 aliphatic heterocycles. The topological polar surface area (TPSA) is 66.0 Å². The maximum Gasteiger partial charge on any atom is 0.258 e. The van der Waals surface area contributed by atoms with Crippen LogP contribution in [0.4, 0.5) is 0 Å². The van der Waals surface area contributed by atoms with E-state index < -0.39 is 0 Å². The van der Waals surface area contributed by atoms with Gasteiger partial charge in [0.1, 0.15) is 12.4 Å². The van der Waals surface area contributed by atoms with Crippen LogP contribution in [0.2, 0.25) is 10.0 Å². The Morgan fingerprint density at radius 3 is 2.43 bits per heavy atom. The molecule has 0 fully saturated rings. The normalized spacial score (nSPS) is 11.6. The molecule has 1 N–H and O–H groups in total. The monoisotopic (exact) mass is 427 g/mol. The molecule has 2 aromatic rings. The van der Waals surface area contributed by atoms with E-state index in [4.69, 9.17) is 42.1 Å². The molecule has 1 atom stereocenters. The Labute approximate surface area is 174 Å². The van der Waals surface area contributed by atoms with Crippen molar-refractivity contribution in [2.45, 2.75) is 13.0 Å². The minimum absolute atomic E-state index is 0.166. The van der Waals surface area contributed by atoms with Crippen molar-refractivity contribution in [1.29, 1.82) is 0 Å². The van der Waals surface area contributed by atoms with Gasteiger partial charge in [0.2, 0.25) is 0 Å². The molecule has 0 saturated carbocycles. The first-order chi connectivity index (χ1) is 13.4. The lowest BCUT2D eigenvalue weighted by Crippen LogP contribution is -2.31. The van der Waals surface area contributed by atoms with Gasteiger partial charge in [-0.05, 0) is 42.8 Å². The number of halogens is 2.